The van der Waals surface area contributed by atoms with Crippen molar-refractivity contribution in [2.24, 2.45) is 5.92 Å². The molecule has 0 radical (unpaired) electrons. The van der Waals surface area contributed by atoms with Gasteiger partial charge < -0.3 is 19.9 Å². The molecule has 2 amide bonds. The Morgan fingerprint density at radius 2 is 2.03 bits per heavy atom. The number of carbonyl (C=O) groups excluding carboxylic acids is 1. The third-order valence-electron chi connectivity index (χ3n) is 7.28. The number of hydrogen-bond donors (Lipinski definition) is 1. The van der Waals surface area contributed by atoms with Crippen LogP contribution in [0.2, 0.25) is 0 Å². The van der Waals surface area contributed by atoms with E-state index in [4.69, 9.17) is 9.72 Å². The van der Waals surface area contributed by atoms with Gasteiger partial charge in [0.25, 0.3) is 0 Å². The Labute approximate surface area is 198 Å². The molecule has 0 saturated carbocycles. The molecule has 0 bridgehead atoms. The topological polar surface area (TPSA) is 70.6 Å². The average Bonchev–Trinajstić information content (AvgIpc) is 3.20. The summed E-state index contributed by atoms with van der Waals surface area (Å²) in [5, 5.41) is 3.14. The predicted octanol–water partition coefficient (Wildman–Crippen LogP) is 2.89. The van der Waals surface area contributed by atoms with Gasteiger partial charge in [0.05, 0.1) is 18.3 Å². The summed E-state index contributed by atoms with van der Waals surface area (Å²) in [5.74, 6) is -0.442. The molecule has 1 aromatic carbocycles. The van der Waals surface area contributed by atoms with Crippen LogP contribution in [0.25, 0.3) is 0 Å². The number of ether oxygens (including phenoxy) is 1. The average molecular weight is 472 g/mol. The summed E-state index contributed by atoms with van der Waals surface area (Å²) in [7, 11) is 1.97. The number of likely N-dealkylation sites (N-methyl/N-ethyl adjacent to an activating group) is 1. The molecule has 1 N–H and O–H groups in total. The Morgan fingerprint density at radius 3 is 2.82 bits per heavy atom. The number of amides is 2. The Balaban J connectivity index is 1.24. The van der Waals surface area contributed by atoms with Gasteiger partial charge in [-0.25, -0.2) is 23.5 Å². The van der Waals surface area contributed by atoms with Crippen molar-refractivity contribution < 1.29 is 18.3 Å². The number of carbonyl (C=O) groups is 1. The molecule has 3 aliphatic rings. The van der Waals surface area contributed by atoms with E-state index in [9.17, 15) is 13.6 Å². The number of nitrogens with zero attached hydrogens (tertiary/aromatic N) is 4. The second-order valence-electron chi connectivity index (χ2n) is 9.75. The standard InChI is InChI=1S/C25H31F2N5O2/c1-31-13-19(17-2-3-20(26)21(27)11-17)23(14-31)30-25(33)32-7-4-18-12-28-24(29-22(18)15-32)10-16-5-8-34-9-6-16/h2-3,11-12,16,19,23H,4-10,13-15H2,1H3,(H,30,33)/t19-,23-/m1/s1. The first-order valence-corrected chi connectivity index (χ1v) is 12.1. The zero-order valence-electron chi connectivity index (χ0n) is 19.5. The van der Waals surface area contributed by atoms with Crippen LogP contribution in [0.15, 0.2) is 24.4 Å². The number of hydrogen-bond acceptors (Lipinski definition) is 5. The number of fused-ring (bicyclic) bond motifs is 1. The van der Waals surface area contributed by atoms with Gasteiger partial charge in [-0.2, -0.15) is 0 Å². The minimum Gasteiger partial charge on any atom is -0.381 e. The lowest BCUT2D eigenvalue weighted by molar-refractivity contribution is 0.0659. The van der Waals surface area contributed by atoms with E-state index in [1.165, 1.54) is 6.07 Å². The highest BCUT2D eigenvalue weighted by Crippen LogP contribution is 2.29. The monoisotopic (exact) mass is 471 g/mol. The fourth-order valence-corrected chi connectivity index (χ4v) is 5.30. The fraction of sp³-hybridized carbons (Fsp3) is 0.560. The normalized spacial score (nSPS) is 23.7. The lowest BCUT2D eigenvalue weighted by Gasteiger charge is -2.31. The molecule has 2 fully saturated rings. The van der Waals surface area contributed by atoms with Crippen LogP contribution >= 0.6 is 0 Å². The van der Waals surface area contributed by atoms with Gasteiger partial charge in [0.2, 0.25) is 0 Å². The number of rotatable bonds is 4. The third-order valence-corrected chi connectivity index (χ3v) is 7.28. The van der Waals surface area contributed by atoms with Gasteiger partial charge in [-0.15, -0.1) is 0 Å². The van der Waals surface area contributed by atoms with E-state index in [-0.39, 0.29) is 18.0 Å². The number of nitrogens with one attached hydrogen (secondary N) is 1. The van der Waals surface area contributed by atoms with Crippen LogP contribution < -0.4 is 5.32 Å². The SMILES string of the molecule is CN1C[C@H](c2ccc(F)c(F)c2)[C@H](NC(=O)N2CCc3cnc(CC4CCOCC4)nc3C2)C1. The number of benzene rings is 1. The molecule has 0 unspecified atom stereocenters. The lowest BCUT2D eigenvalue weighted by Crippen LogP contribution is -2.49. The molecular formula is C25H31F2N5O2. The third kappa shape index (κ3) is 5.05. The van der Waals surface area contributed by atoms with Crippen molar-refractivity contribution in [1.29, 1.82) is 0 Å². The number of urea groups is 1. The van der Waals surface area contributed by atoms with Crippen LogP contribution in [0.4, 0.5) is 13.6 Å². The number of halogens is 2. The van der Waals surface area contributed by atoms with Crippen LogP contribution in [0.5, 0.6) is 0 Å². The molecule has 182 valence electrons. The largest absolute Gasteiger partial charge is 0.381 e. The van der Waals surface area contributed by atoms with Gasteiger partial charge in [0.15, 0.2) is 11.6 Å². The first-order chi connectivity index (χ1) is 16.5. The van der Waals surface area contributed by atoms with Gasteiger partial charge >= 0.3 is 6.03 Å². The molecule has 4 heterocycles. The van der Waals surface area contributed by atoms with Crippen LogP contribution in [0.3, 0.4) is 0 Å². The van der Waals surface area contributed by atoms with E-state index in [0.717, 1.165) is 62.0 Å². The maximum Gasteiger partial charge on any atom is 0.318 e. The molecule has 3 aliphatic heterocycles. The Kier molecular flexibility index (Phi) is 6.74. The van der Waals surface area contributed by atoms with E-state index in [1.54, 1.807) is 11.0 Å². The summed E-state index contributed by atoms with van der Waals surface area (Å²) < 4.78 is 32.7. The second kappa shape index (κ2) is 9.92. The summed E-state index contributed by atoms with van der Waals surface area (Å²) in [6, 6.07) is 3.67. The van der Waals surface area contributed by atoms with Crippen molar-refractivity contribution in [2.75, 3.05) is 39.9 Å². The van der Waals surface area contributed by atoms with Gasteiger partial charge in [-0.05, 0) is 55.5 Å². The van der Waals surface area contributed by atoms with Crippen LogP contribution in [-0.4, -0.2) is 71.7 Å². The van der Waals surface area contributed by atoms with Crippen LogP contribution in [0.1, 0.15) is 41.4 Å². The van der Waals surface area contributed by atoms with E-state index >= 15 is 0 Å². The maximum atomic E-state index is 13.8. The van der Waals surface area contributed by atoms with Gasteiger partial charge in [-0.3, -0.25) is 0 Å². The molecular weight excluding hydrogens is 440 g/mol. The summed E-state index contributed by atoms with van der Waals surface area (Å²) in [4.78, 5) is 26.4. The smallest absolute Gasteiger partial charge is 0.318 e. The van der Waals surface area contributed by atoms with Crippen molar-refractivity contribution in [3.63, 3.8) is 0 Å². The van der Waals surface area contributed by atoms with Gasteiger partial charge in [0.1, 0.15) is 5.82 Å². The first kappa shape index (κ1) is 23.1. The first-order valence-electron chi connectivity index (χ1n) is 12.1. The Morgan fingerprint density at radius 1 is 1.21 bits per heavy atom. The summed E-state index contributed by atoms with van der Waals surface area (Å²) in [5.41, 5.74) is 2.71. The molecule has 0 aliphatic carbocycles. The predicted molar refractivity (Wildman–Crippen MR) is 122 cm³/mol. The highest BCUT2D eigenvalue weighted by molar-refractivity contribution is 5.75. The van der Waals surface area contributed by atoms with Crippen LogP contribution in [-0.2, 0) is 24.1 Å². The molecule has 9 heteroatoms. The van der Waals surface area contributed by atoms with E-state index in [0.29, 0.717) is 37.7 Å². The fourth-order valence-electron chi connectivity index (χ4n) is 5.30. The molecule has 34 heavy (non-hydrogen) atoms. The van der Waals surface area contributed by atoms with Crippen molar-refractivity contribution in [1.82, 2.24) is 25.1 Å². The van der Waals surface area contributed by atoms with Crippen molar-refractivity contribution in [2.45, 2.75) is 44.2 Å². The summed E-state index contributed by atoms with van der Waals surface area (Å²) in [6.45, 7) is 3.96. The quantitative estimate of drug-likeness (QED) is 0.743. The number of aromatic nitrogens is 2. The highest BCUT2D eigenvalue weighted by Gasteiger charge is 2.35. The molecule has 5 rings (SSSR count). The van der Waals surface area contributed by atoms with Crippen molar-refractivity contribution in [3.8, 4) is 0 Å². The Bertz CT molecular complexity index is 1050. The molecule has 2 atom stereocenters. The van der Waals surface area contributed by atoms with Gasteiger partial charge in [-0.1, -0.05) is 6.07 Å². The highest BCUT2D eigenvalue weighted by atomic mass is 19.2. The summed E-state index contributed by atoms with van der Waals surface area (Å²) in [6.07, 6.45) is 5.54. The van der Waals surface area contributed by atoms with Gasteiger partial charge in [0, 0.05) is 51.4 Å². The molecule has 2 saturated heterocycles. The van der Waals surface area contributed by atoms with E-state index in [2.05, 4.69) is 15.2 Å². The van der Waals surface area contributed by atoms with Crippen molar-refractivity contribution in [3.05, 3.63) is 58.7 Å². The molecule has 0 spiro atoms. The van der Waals surface area contributed by atoms with E-state index < -0.39 is 11.6 Å². The van der Waals surface area contributed by atoms with Crippen molar-refractivity contribution >= 4 is 6.03 Å². The molecule has 1 aromatic heterocycles. The molecule has 7 nitrogen and oxygen atoms in total. The summed E-state index contributed by atoms with van der Waals surface area (Å²) >= 11 is 0. The minimum atomic E-state index is -0.860. The van der Waals surface area contributed by atoms with Crippen LogP contribution in [0, 0.1) is 17.6 Å². The number of likely N-dealkylation sites (tertiary alicyclic amines) is 1. The zero-order chi connectivity index (χ0) is 23.7. The molecule has 2 aromatic rings. The Hall–Kier alpha value is -2.65. The maximum absolute atomic E-state index is 13.8. The minimum absolute atomic E-state index is 0.102. The second-order valence-corrected chi connectivity index (χ2v) is 9.75. The van der Waals surface area contributed by atoms with E-state index in [1.807, 2.05) is 13.2 Å². The lowest BCUT2D eigenvalue weighted by atomic mass is 9.94. The zero-order valence-corrected chi connectivity index (χ0v) is 19.5.